The molecule has 0 saturated carbocycles. The van der Waals surface area contributed by atoms with Crippen molar-refractivity contribution in [2.24, 2.45) is 0 Å². The molecule has 1 saturated heterocycles. The molecule has 1 heterocycles. The van der Waals surface area contributed by atoms with Crippen molar-refractivity contribution in [1.82, 2.24) is 10.4 Å². The van der Waals surface area contributed by atoms with Crippen molar-refractivity contribution < 1.29 is 23.8 Å². The predicted octanol–water partition coefficient (Wildman–Crippen LogP) is 3.74. The van der Waals surface area contributed by atoms with E-state index in [0.717, 1.165) is 11.1 Å². The third-order valence-corrected chi connectivity index (χ3v) is 4.39. The molecule has 1 amide bonds. The summed E-state index contributed by atoms with van der Waals surface area (Å²) in [4.78, 5) is 25.1. The van der Waals surface area contributed by atoms with Gasteiger partial charge in [-0.05, 0) is 31.9 Å². The molecule has 2 aromatic carbocycles. The van der Waals surface area contributed by atoms with Crippen molar-refractivity contribution in [2.45, 2.75) is 44.7 Å². The first kappa shape index (κ1) is 20.8. The summed E-state index contributed by atoms with van der Waals surface area (Å²) in [5.41, 5.74) is 3.70. The molecule has 29 heavy (non-hydrogen) atoms. The zero-order valence-electron chi connectivity index (χ0n) is 17.0. The van der Waals surface area contributed by atoms with Gasteiger partial charge in [-0.25, -0.2) is 9.59 Å². The van der Waals surface area contributed by atoms with Crippen LogP contribution in [0.1, 0.15) is 44.2 Å². The Morgan fingerprint density at radius 2 is 1.52 bits per heavy atom. The minimum Gasteiger partial charge on any atom is -0.467 e. The van der Waals surface area contributed by atoms with E-state index in [0.29, 0.717) is 0 Å². The normalized spacial score (nSPS) is 22.1. The number of nitrogens with one attached hydrogen (secondary N) is 1. The number of nitrogens with zero attached hydrogens (tertiary/aromatic N) is 1. The van der Waals surface area contributed by atoms with Crippen LogP contribution in [0.2, 0.25) is 0 Å². The highest BCUT2D eigenvalue weighted by Gasteiger charge is 2.49. The van der Waals surface area contributed by atoms with Gasteiger partial charge >= 0.3 is 12.1 Å². The summed E-state index contributed by atoms with van der Waals surface area (Å²) in [6, 6.07) is 18.1. The van der Waals surface area contributed by atoms with Gasteiger partial charge < -0.3 is 14.2 Å². The first-order valence-electron chi connectivity index (χ1n) is 9.41. The maximum absolute atomic E-state index is 12.6. The lowest BCUT2D eigenvalue weighted by atomic mass is 10.0. The van der Waals surface area contributed by atoms with E-state index >= 15 is 0 Å². The minimum atomic E-state index is -0.928. The quantitative estimate of drug-likeness (QED) is 0.791. The number of hydrazine groups is 1. The Labute approximate surface area is 170 Å². The van der Waals surface area contributed by atoms with Crippen molar-refractivity contribution in [3.8, 4) is 0 Å². The molecule has 7 nitrogen and oxygen atoms in total. The van der Waals surface area contributed by atoms with Gasteiger partial charge in [0, 0.05) is 0 Å². The molecule has 0 unspecified atom stereocenters. The summed E-state index contributed by atoms with van der Waals surface area (Å²) in [7, 11) is 1.31. The van der Waals surface area contributed by atoms with E-state index in [9.17, 15) is 9.59 Å². The van der Waals surface area contributed by atoms with Gasteiger partial charge in [0.2, 0.25) is 0 Å². The Balaban J connectivity index is 2.01. The highest BCUT2D eigenvalue weighted by Crippen LogP contribution is 2.42. The molecule has 3 rings (SSSR count). The van der Waals surface area contributed by atoms with Crippen molar-refractivity contribution in [3.05, 3.63) is 71.8 Å². The third-order valence-electron chi connectivity index (χ3n) is 4.39. The van der Waals surface area contributed by atoms with E-state index < -0.39 is 36.0 Å². The molecule has 1 aliphatic heterocycles. The Morgan fingerprint density at radius 3 is 2.03 bits per heavy atom. The average Bonchev–Trinajstić information content (AvgIpc) is 3.06. The molecule has 0 aromatic heterocycles. The van der Waals surface area contributed by atoms with Crippen LogP contribution >= 0.6 is 0 Å². The molecule has 1 aliphatic rings. The third kappa shape index (κ3) is 4.93. The van der Waals surface area contributed by atoms with E-state index in [1.807, 2.05) is 60.7 Å². The zero-order valence-corrected chi connectivity index (χ0v) is 17.0. The highest BCUT2D eigenvalue weighted by molar-refractivity contribution is 5.76. The number of methoxy groups -OCH3 is 1. The Morgan fingerprint density at radius 1 is 0.966 bits per heavy atom. The largest absolute Gasteiger partial charge is 0.467 e. The Bertz CT molecular complexity index is 835. The van der Waals surface area contributed by atoms with Crippen molar-refractivity contribution in [2.75, 3.05) is 7.11 Å². The number of carbonyl (C=O) groups excluding carboxylic acids is 2. The first-order valence-corrected chi connectivity index (χ1v) is 9.41. The minimum absolute atomic E-state index is 0.520. The lowest BCUT2D eigenvalue weighted by Gasteiger charge is -2.30. The Kier molecular flexibility index (Phi) is 6.20. The standard InChI is InChI=1S/C22H26N2O5/c1-22(2,3)29-21(26)23-24-17(15-11-7-5-8-12-15)18(20(25)27-4)28-19(24)16-13-9-6-10-14-16/h5-14,17-19H,1-4H3,(H,23,26)/t17-,18+,19+/m0/s1. The summed E-state index contributed by atoms with van der Waals surface area (Å²) in [6.07, 6.45) is -2.26. The van der Waals surface area contributed by atoms with Gasteiger partial charge in [0.25, 0.3) is 0 Å². The van der Waals surface area contributed by atoms with Crippen LogP contribution < -0.4 is 5.43 Å². The summed E-state index contributed by atoms with van der Waals surface area (Å²) in [6.45, 7) is 5.36. The fourth-order valence-corrected chi connectivity index (χ4v) is 3.25. The molecule has 2 aromatic rings. The summed E-state index contributed by atoms with van der Waals surface area (Å²) < 4.78 is 16.5. The topological polar surface area (TPSA) is 77.1 Å². The smallest absolute Gasteiger partial charge is 0.422 e. The molecule has 1 N–H and O–H groups in total. The number of carbonyl (C=O) groups is 2. The number of ether oxygens (including phenoxy) is 3. The van der Waals surface area contributed by atoms with Gasteiger partial charge in [0.05, 0.1) is 13.2 Å². The Hall–Kier alpha value is -2.90. The van der Waals surface area contributed by atoms with Crippen LogP contribution in [0.4, 0.5) is 4.79 Å². The van der Waals surface area contributed by atoms with Gasteiger partial charge in [-0.15, -0.1) is 0 Å². The molecule has 7 heteroatoms. The maximum atomic E-state index is 12.6. The second kappa shape index (κ2) is 8.63. The van der Waals surface area contributed by atoms with Gasteiger partial charge in [-0.2, -0.15) is 5.01 Å². The van der Waals surface area contributed by atoms with E-state index in [-0.39, 0.29) is 0 Å². The van der Waals surface area contributed by atoms with Gasteiger partial charge in [0.1, 0.15) is 5.60 Å². The van der Waals surface area contributed by atoms with Crippen LogP contribution in [0, 0.1) is 0 Å². The van der Waals surface area contributed by atoms with E-state index in [1.54, 1.807) is 25.8 Å². The molecular weight excluding hydrogens is 372 g/mol. The molecular formula is C22H26N2O5. The lowest BCUT2D eigenvalue weighted by Crippen LogP contribution is -2.47. The molecule has 0 spiro atoms. The zero-order chi connectivity index (χ0) is 21.0. The number of hydrogen-bond acceptors (Lipinski definition) is 6. The van der Waals surface area contributed by atoms with Crippen molar-refractivity contribution in [1.29, 1.82) is 0 Å². The number of esters is 1. The second-order valence-electron chi connectivity index (χ2n) is 7.72. The van der Waals surface area contributed by atoms with E-state index in [4.69, 9.17) is 14.2 Å². The fraction of sp³-hybridized carbons (Fsp3) is 0.364. The van der Waals surface area contributed by atoms with Crippen LogP contribution in [-0.4, -0.2) is 35.9 Å². The number of rotatable bonds is 4. The second-order valence-corrected chi connectivity index (χ2v) is 7.72. The summed E-state index contributed by atoms with van der Waals surface area (Å²) >= 11 is 0. The van der Waals surface area contributed by atoms with Gasteiger partial charge in [0.15, 0.2) is 12.3 Å². The van der Waals surface area contributed by atoms with Crippen LogP contribution in [0.3, 0.4) is 0 Å². The molecule has 154 valence electrons. The number of amides is 1. The van der Waals surface area contributed by atoms with Gasteiger partial charge in [-0.1, -0.05) is 60.7 Å². The summed E-state index contributed by atoms with van der Waals surface area (Å²) in [5.74, 6) is -0.520. The predicted molar refractivity (Wildman–Crippen MR) is 106 cm³/mol. The number of benzene rings is 2. The lowest BCUT2D eigenvalue weighted by molar-refractivity contribution is -0.154. The monoisotopic (exact) mass is 398 g/mol. The average molecular weight is 398 g/mol. The van der Waals surface area contributed by atoms with Crippen LogP contribution in [0.25, 0.3) is 0 Å². The molecule has 3 atom stereocenters. The molecule has 1 fully saturated rings. The molecule has 0 bridgehead atoms. The van der Waals surface area contributed by atoms with Crippen LogP contribution in [0.15, 0.2) is 60.7 Å². The summed E-state index contributed by atoms with van der Waals surface area (Å²) in [5, 5.41) is 1.61. The fourth-order valence-electron chi connectivity index (χ4n) is 3.25. The van der Waals surface area contributed by atoms with Crippen molar-refractivity contribution in [3.63, 3.8) is 0 Å². The highest BCUT2D eigenvalue weighted by atomic mass is 16.6. The maximum Gasteiger partial charge on any atom is 0.422 e. The van der Waals surface area contributed by atoms with Crippen molar-refractivity contribution >= 4 is 12.1 Å². The molecule has 0 aliphatic carbocycles. The van der Waals surface area contributed by atoms with Crippen LogP contribution in [0.5, 0.6) is 0 Å². The number of hydrogen-bond donors (Lipinski definition) is 1. The van der Waals surface area contributed by atoms with E-state index in [1.165, 1.54) is 7.11 Å². The molecule has 0 radical (unpaired) electrons. The van der Waals surface area contributed by atoms with E-state index in [2.05, 4.69) is 5.43 Å². The SMILES string of the molecule is COC(=O)[C@@H]1O[C@H](c2ccccc2)N(NC(=O)OC(C)(C)C)[C@H]1c1ccccc1. The first-order chi connectivity index (χ1) is 13.8. The van der Waals surface area contributed by atoms with Gasteiger partial charge in [-0.3, -0.25) is 5.43 Å². The van der Waals surface area contributed by atoms with Crippen LogP contribution in [-0.2, 0) is 19.0 Å².